The number of anilines is 1. The molecule has 1 amide bonds. The molecule has 28 heavy (non-hydrogen) atoms. The summed E-state index contributed by atoms with van der Waals surface area (Å²) < 4.78 is 5.33. The highest BCUT2D eigenvalue weighted by atomic mass is 16.4. The van der Waals surface area contributed by atoms with E-state index in [4.69, 9.17) is 4.42 Å². The number of aryl methyl sites for hydroxylation is 1. The van der Waals surface area contributed by atoms with Gasteiger partial charge in [0.2, 0.25) is 11.8 Å². The van der Waals surface area contributed by atoms with Gasteiger partial charge in [0.15, 0.2) is 0 Å². The zero-order chi connectivity index (χ0) is 19.3. The largest absolute Gasteiger partial charge is 0.403 e. The Bertz CT molecular complexity index is 1170. The maximum absolute atomic E-state index is 12.1. The molecular formula is C23H18N2O3. The van der Waals surface area contributed by atoms with Crippen molar-refractivity contribution in [1.82, 2.24) is 4.98 Å². The normalized spacial score (nSPS) is 10.7. The highest BCUT2D eigenvalue weighted by Gasteiger charge is 2.09. The van der Waals surface area contributed by atoms with E-state index in [0.29, 0.717) is 35.0 Å². The van der Waals surface area contributed by atoms with Crippen LogP contribution in [0.2, 0.25) is 0 Å². The van der Waals surface area contributed by atoms with Crippen LogP contribution >= 0.6 is 0 Å². The number of rotatable bonds is 5. The average molecular weight is 370 g/mol. The van der Waals surface area contributed by atoms with Gasteiger partial charge in [-0.15, -0.1) is 0 Å². The van der Waals surface area contributed by atoms with Crippen molar-refractivity contribution >= 4 is 22.5 Å². The number of para-hydroxylation sites is 1. The number of aromatic nitrogens is 1. The van der Waals surface area contributed by atoms with Gasteiger partial charge in [0, 0.05) is 17.7 Å². The van der Waals surface area contributed by atoms with Crippen molar-refractivity contribution in [2.75, 3.05) is 5.32 Å². The highest BCUT2D eigenvalue weighted by molar-refractivity contribution is 5.91. The standard InChI is InChI=1S/C23H18N2O3/c26-21(15-10-16-6-2-1-3-7-16)24-18-13-11-17(12-14-18)22-25-20-9-5-4-8-19(20)23(27)28-22/h1-9,11-14H,10,15H2,(H,24,26). The van der Waals surface area contributed by atoms with E-state index in [9.17, 15) is 9.59 Å². The molecule has 5 nitrogen and oxygen atoms in total. The van der Waals surface area contributed by atoms with E-state index < -0.39 is 5.63 Å². The minimum Gasteiger partial charge on any atom is -0.403 e. The third kappa shape index (κ3) is 3.99. The smallest absolute Gasteiger partial charge is 0.347 e. The van der Waals surface area contributed by atoms with Crippen LogP contribution in [0.15, 0.2) is 88.1 Å². The highest BCUT2D eigenvalue weighted by Crippen LogP contribution is 2.21. The van der Waals surface area contributed by atoms with E-state index >= 15 is 0 Å². The predicted molar refractivity (Wildman–Crippen MR) is 109 cm³/mol. The fraction of sp³-hybridized carbons (Fsp3) is 0.0870. The molecule has 1 aromatic heterocycles. The molecule has 4 rings (SSSR count). The van der Waals surface area contributed by atoms with Gasteiger partial charge >= 0.3 is 5.63 Å². The van der Waals surface area contributed by atoms with Crippen LogP contribution < -0.4 is 10.9 Å². The summed E-state index contributed by atoms with van der Waals surface area (Å²) in [5, 5.41) is 3.33. The fourth-order valence-corrected chi connectivity index (χ4v) is 2.96. The molecule has 0 radical (unpaired) electrons. The number of hydrogen-bond acceptors (Lipinski definition) is 4. The first-order valence-corrected chi connectivity index (χ1v) is 9.03. The van der Waals surface area contributed by atoms with Gasteiger partial charge in [-0.25, -0.2) is 9.78 Å². The number of amides is 1. The lowest BCUT2D eigenvalue weighted by Gasteiger charge is -2.07. The van der Waals surface area contributed by atoms with Gasteiger partial charge < -0.3 is 9.73 Å². The number of hydrogen-bond donors (Lipinski definition) is 1. The van der Waals surface area contributed by atoms with Gasteiger partial charge in [0.05, 0.1) is 10.9 Å². The molecule has 5 heteroatoms. The number of fused-ring (bicyclic) bond motifs is 1. The van der Waals surface area contributed by atoms with Crippen LogP contribution in [0.5, 0.6) is 0 Å². The Kier molecular flexibility index (Phi) is 4.97. The van der Waals surface area contributed by atoms with Gasteiger partial charge in [-0.1, -0.05) is 42.5 Å². The maximum Gasteiger partial charge on any atom is 0.347 e. The van der Waals surface area contributed by atoms with Gasteiger partial charge in [0.1, 0.15) is 0 Å². The van der Waals surface area contributed by atoms with Crippen molar-refractivity contribution in [2.24, 2.45) is 0 Å². The summed E-state index contributed by atoms with van der Waals surface area (Å²) >= 11 is 0. The van der Waals surface area contributed by atoms with Crippen LogP contribution in [0.25, 0.3) is 22.4 Å². The summed E-state index contributed by atoms with van der Waals surface area (Å²) in [6.45, 7) is 0. The van der Waals surface area contributed by atoms with Crippen molar-refractivity contribution in [3.63, 3.8) is 0 Å². The van der Waals surface area contributed by atoms with E-state index in [1.807, 2.05) is 36.4 Å². The van der Waals surface area contributed by atoms with Gasteiger partial charge in [-0.05, 0) is 48.4 Å². The second-order valence-electron chi connectivity index (χ2n) is 6.43. The molecule has 0 bridgehead atoms. The number of carbonyl (C=O) groups is 1. The Morgan fingerprint density at radius 1 is 0.893 bits per heavy atom. The van der Waals surface area contributed by atoms with Crippen LogP contribution in [-0.2, 0) is 11.2 Å². The molecule has 0 aliphatic carbocycles. The Morgan fingerprint density at radius 3 is 2.39 bits per heavy atom. The summed E-state index contributed by atoms with van der Waals surface area (Å²) in [4.78, 5) is 28.7. The molecule has 1 heterocycles. The Balaban J connectivity index is 1.45. The van der Waals surface area contributed by atoms with E-state index in [0.717, 1.165) is 5.56 Å². The fourth-order valence-electron chi connectivity index (χ4n) is 2.96. The van der Waals surface area contributed by atoms with Crippen molar-refractivity contribution in [1.29, 1.82) is 0 Å². The van der Waals surface area contributed by atoms with Crippen molar-refractivity contribution < 1.29 is 9.21 Å². The van der Waals surface area contributed by atoms with Gasteiger partial charge in [-0.2, -0.15) is 0 Å². The third-order valence-corrected chi connectivity index (χ3v) is 4.43. The summed E-state index contributed by atoms with van der Waals surface area (Å²) in [7, 11) is 0. The summed E-state index contributed by atoms with van der Waals surface area (Å²) in [6.07, 6.45) is 1.10. The first kappa shape index (κ1) is 17.7. The maximum atomic E-state index is 12.1. The van der Waals surface area contributed by atoms with Crippen LogP contribution in [0.1, 0.15) is 12.0 Å². The Morgan fingerprint density at radius 2 is 1.61 bits per heavy atom. The SMILES string of the molecule is O=C(CCc1ccccc1)Nc1ccc(-c2nc3ccccc3c(=O)o2)cc1. The molecule has 0 aliphatic rings. The van der Waals surface area contributed by atoms with Crippen LogP contribution in [0.3, 0.4) is 0 Å². The molecule has 0 saturated heterocycles. The number of carbonyl (C=O) groups excluding carboxylic acids is 1. The Labute approximate surface area is 161 Å². The molecule has 0 saturated carbocycles. The van der Waals surface area contributed by atoms with Crippen LogP contribution in [0, 0.1) is 0 Å². The van der Waals surface area contributed by atoms with Crippen molar-refractivity contribution in [3.05, 3.63) is 94.8 Å². The van der Waals surface area contributed by atoms with E-state index in [1.54, 1.807) is 42.5 Å². The molecule has 4 aromatic rings. The summed E-state index contributed by atoms with van der Waals surface area (Å²) in [6, 6.07) is 24.0. The first-order valence-electron chi connectivity index (χ1n) is 9.03. The number of nitrogens with one attached hydrogen (secondary N) is 1. The topological polar surface area (TPSA) is 72.2 Å². The second kappa shape index (κ2) is 7.88. The van der Waals surface area contributed by atoms with Crippen molar-refractivity contribution in [2.45, 2.75) is 12.8 Å². The van der Waals surface area contributed by atoms with Crippen molar-refractivity contribution in [3.8, 4) is 11.5 Å². The average Bonchev–Trinajstić information content (AvgIpc) is 2.73. The third-order valence-electron chi connectivity index (χ3n) is 4.43. The molecule has 138 valence electrons. The van der Waals surface area contributed by atoms with Gasteiger partial charge in [0.25, 0.3) is 0 Å². The quantitative estimate of drug-likeness (QED) is 0.564. The second-order valence-corrected chi connectivity index (χ2v) is 6.43. The lowest BCUT2D eigenvalue weighted by Crippen LogP contribution is -2.12. The molecule has 0 unspecified atom stereocenters. The van der Waals surface area contributed by atoms with E-state index in [-0.39, 0.29) is 11.8 Å². The zero-order valence-electron chi connectivity index (χ0n) is 15.1. The molecule has 1 N–H and O–H groups in total. The minimum atomic E-state index is -0.418. The monoisotopic (exact) mass is 370 g/mol. The lowest BCUT2D eigenvalue weighted by molar-refractivity contribution is -0.116. The molecule has 0 fully saturated rings. The minimum absolute atomic E-state index is 0.0491. The summed E-state index contributed by atoms with van der Waals surface area (Å²) in [5.41, 5.74) is 2.66. The lowest BCUT2D eigenvalue weighted by atomic mass is 10.1. The molecular weight excluding hydrogens is 352 g/mol. The van der Waals surface area contributed by atoms with E-state index in [2.05, 4.69) is 10.3 Å². The van der Waals surface area contributed by atoms with E-state index in [1.165, 1.54) is 0 Å². The van der Waals surface area contributed by atoms with Gasteiger partial charge in [-0.3, -0.25) is 4.79 Å². The molecule has 0 spiro atoms. The Hall–Kier alpha value is -3.73. The van der Waals surface area contributed by atoms with Crippen LogP contribution in [0.4, 0.5) is 5.69 Å². The number of nitrogens with zero attached hydrogens (tertiary/aromatic N) is 1. The zero-order valence-corrected chi connectivity index (χ0v) is 15.1. The molecule has 3 aromatic carbocycles. The predicted octanol–water partition coefficient (Wildman–Crippen LogP) is 4.43. The molecule has 0 aliphatic heterocycles. The first-order chi connectivity index (χ1) is 13.7. The van der Waals surface area contributed by atoms with Crippen LogP contribution in [-0.4, -0.2) is 10.9 Å². The summed E-state index contributed by atoms with van der Waals surface area (Å²) in [5.74, 6) is 0.206. The number of benzene rings is 3. The molecule has 0 atom stereocenters.